The van der Waals surface area contributed by atoms with Gasteiger partial charge in [-0.3, -0.25) is 4.79 Å². The molecule has 3 amide bonds. The van der Waals surface area contributed by atoms with Crippen molar-refractivity contribution < 1.29 is 9.59 Å². The molecular formula is C19H18ClN3O2. The number of para-hydroxylation sites is 1. The predicted octanol–water partition coefficient (Wildman–Crippen LogP) is 3.92. The largest absolute Gasteiger partial charge is 0.327 e. The van der Waals surface area contributed by atoms with Crippen LogP contribution in [-0.2, 0) is 4.79 Å². The monoisotopic (exact) mass is 355 g/mol. The molecule has 5 nitrogen and oxygen atoms in total. The van der Waals surface area contributed by atoms with E-state index in [1.807, 2.05) is 31.2 Å². The maximum atomic E-state index is 12.9. The quantitative estimate of drug-likeness (QED) is 0.781. The first-order chi connectivity index (χ1) is 12.0. The van der Waals surface area contributed by atoms with Gasteiger partial charge in [0.1, 0.15) is 0 Å². The Morgan fingerprint density at radius 1 is 1.08 bits per heavy atom. The zero-order valence-electron chi connectivity index (χ0n) is 13.9. The highest BCUT2D eigenvalue weighted by atomic mass is 35.5. The van der Waals surface area contributed by atoms with Crippen molar-refractivity contribution in [3.63, 3.8) is 0 Å². The van der Waals surface area contributed by atoms with Gasteiger partial charge in [-0.1, -0.05) is 53.6 Å². The number of anilines is 1. The van der Waals surface area contributed by atoms with Crippen LogP contribution in [0.1, 0.15) is 24.1 Å². The number of urea groups is 1. The van der Waals surface area contributed by atoms with Crippen molar-refractivity contribution in [2.75, 3.05) is 5.32 Å². The number of nitrogens with one attached hydrogen (secondary N) is 3. The molecule has 128 valence electrons. The van der Waals surface area contributed by atoms with E-state index in [1.165, 1.54) is 0 Å². The van der Waals surface area contributed by atoms with Gasteiger partial charge in [0.2, 0.25) is 0 Å². The van der Waals surface area contributed by atoms with Gasteiger partial charge in [0.25, 0.3) is 5.91 Å². The molecule has 0 unspecified atom stereocenters. The summed E-state index contributed by atoms with van der Waals surface area (Å²) >= 11 is 6.12. The van der Waals surface area contributed by atoms with Crippen LogP contribution in [0.4, 0.5) is 10.5 Å². The van der Waals surface area contributed by atoms with E-state index >= 15 is 0 Å². The number of halogens is 1. The molecule has 0 radical (unpaired) electrons. The van der Waals surface area contributed by atoms with Crippen LogP contribution in [0.5, 0.6) is 0 Å². The second-order valence-corrected chi connectivity index (χ2v) is 6.32. The number of rotatable bonds is 3. The number of hydrogen-bond donors (Lipinski definition) is 3. The van der Waals surface area contributed by atoms with Gasteiger partial charge >= 0.3 is 6.03 Å². The standard InChI is InChI=1S/C19H18ClN3O2/c1-11-7-9-13(10-8-11)17-16(12(2)21-19(25)23-17)18(24)22-15-6-4-3-5-14(15)20/h3-10,17H,1-2H3,(H,22,24)(H2,21,23,25)/t17-/m0/s1. The summed E-state index contributed by atoms with van der Waals surface area (Å²) < 4.78 is 0. The van der Waals surface area contributed by atoms with Gasteiger partial charge in [-0.05, 0) is 31.5 Å². The Morgan fingerprint density at radius 2 is 1.76 bits per heavy atom. The summed E-state index contributed by atoms with van der Waals surface area (Å²) in [6.45, 7) is 3.69. The number of carbonyl (C=O) groups is 2. The fourth-order valence-corrected chi connectivity index (χ4v) is 2.94. The van der Waals surface area contributed by atoms with Crippen LogP contribution in [0.3, 0.4) is 0 Å². The van der Waals surface area contributed by atoms with Crippen LogP contribution in [0, 0.1) is 6.92 Å². The lowest BCUT2D eigenvalue weighted by Gasteiger charge is -2.28. The number of allylic oxidation sites excluding steroid dienone is 1. The SMILES string of the molecule is CC1=C(C(=O)Nc2ccccc2Cl)[C@H](c2ccc(C)cc2)NC(=O)N1. The van der Waals surface area contributed by atoms with Gasteiger partial charge in [-0.2, -0.15) is 0 Å². The van der Waals surface area contributed by atoms with E-state index in [0.29, 0.717) is 22.0 Å². The van der Waals surface area contributed by atoms with Gasteiger partial charge in [0, 0.05) is 5.70 Å². The zero-order valence-corrected chi connectivity index (χ0v) is 14.6. The third-order valence-corrected chi connectivity index (χ3v) is 4.38. The van der Waals surface area contributed by atoms with Crippen LogP contribution in [0.25, 0.3) is 0 Å². The van der Waals surface area contributed by atoms with Gasteiger partial charge < -0.3 is 16.0 Å². The van der Waals surface area contributed by atoms with Crippen molar-refractivity contribution in [3.8, 4) is 0 Å². The Balaban J connectivity index is 1.96. The van der Waals surface area contributed by atoms with E-state index in [0.717, 1.165) is 11.1 Å². The van der Waals surface area contributed by atoms with E-state index in [1.54, 1.807) is 31.2 Å². The van der Waals surface area contributed by atoms with Crippen molar-refractivity contribution in [2.45, 2.75) is 19.9 Å². The fourth-order valence-electron chi connectivity index (χ4n) is 2.76. The summed E-state index contributed by atoms with van der Waals surface area (Å²) in [5.41, 5.74) is 3.42. The summed E-state index contributed by atoms with van der Waals surface area (Å²) in [7, 11) is 0. The average molecular weight is 356 g/mol. The zero-order chi connectivity index (χ0) is 18.0. The van der Waals surface area contributed by atoms with Crippen molar-refractivity contribution in [1.82, 2.24) is 10.6 Å². The molecule has 0 saturated carbocycles. The molecule has 2 aromatic rings. The third-order valence-electron chi connectivity index (χ3n) is 4.05. The molecular weight excluding hydrogens is 338 g/mol. The first-order valence-corrected chi connectivity index (χ1v) is 8.24. The van der Waals surface area contributed by atoms with Crippen molar-refractivity contribution >= 4 is 29.2 Å². The number of carbonyl (C=O) groups excluding carboxylic acids is 2. The Labute approximate surface area is 151 Å². The highest BCUT2D eigenvalue weighted by Crippen LogP contribution is 2.29. The predicted molar refractivity (Wildman–Crippen MR) is 98.4 cm³/mol. The third kappa shape index (κ3) is 3.67. The van der Waals surface area contributed by atoms with Crippen LogP contribution < -0.4 is 16.0 Å². The maximum absolute atomic E-state index is 12.9. The average Bonchev–Trinajstić information content (AvgIpc) is 2.57. The lowest BCUT2D eigenvalue weighted by molar-refractivity contribution is -0.113. The molecule has 1 atom stereocenters. The normalized spacial score (nSPS) is 16.9. The molecule has 1 heterocycles. The van der Waals surface area contributed by atoms with Gasteiger partial charge in [-0.25, -0.2) is 4.79 Å². The molecule has 3 rings (SSSR count). The van der Waals surface area contributed by atoms with E-state index in [2.05, 4.69) is 16.0 Å². The molecule has 3 N–H and O–H groups in total. The van der Waals surface area contributed by atoms with E-state index in [-0.39, 0.29) is 11.9 Å². The minimum atomic E-state index is -0.531. The Bertz CT molecular complexity index is 859. The van der Waals surface area contributed by atoms with Crippen LogP contribution in [-0.4, -0.2) is 11.9 Å². The van der Waals surface area contributed by atoms with Gasteiger partial charge in [0.05, 0.1) is 22.3 Å². The molecule has 0 spiro atoms. The van der Waals surface area contributed by atoms with Crippen LogP contribution in [0.15, 0.2) is 59.8 Å². The molecule has 0 aromatic heterocycles. The minimum absolute atomic E-state index is 0.316. The lowest BCUT2D eigenvalue weighted by atomic mass is 9.94. The Kier molecular flexibility index (Phi) is 4.76. The summed E-state index contributed by atoms with van der Waals surface area (Å²) in [6, 6.07) is 13.9. The molecule has 6 heteroatoms. The Morgan fingerprint density at radius 3 is 2.44 bits per heavy atom. The minimum Gasteiger partial charge on any atom is -0.327 e. The highest BCUT2D eigenvalue weighted by molar-refractivity contribution is 6.33. The molecule has 25 heavy (non-hydrogen) atoms. The van der Waals surface area contributed by atoms with Crippen molar-refractivity contribution in [2.24, 2.45) is 0 Å². The molecule has 0 aliphatic carbocycles. The molecule has 2 aromatic carbocycles. The number of amides is 3. The lowest BCUT2D eigenvalue weighted by Crippen LogP contribution is -2.45. The molecule has 0 bridgehead atoms. The van der Waals surface area contributed by atoms with E-state index < -0.39 is 6.04 Å². The van der Waals surface area contributed by atoms with Crippen LogP contribution in [0.2, 0.25) is 5.02 Å². The van der Waals surface area contributed by atoms with Crippen molar-refractivity contribution in [1.29, 1.82) is 0 Å². The molecule has 1 aliphatic heterocycles. The summed E-state index contributed by atoms with van der Waals surface area (Å²) in [5, 5.41) is 8.74. The second kappa shape index (κ2) is 6.99. The van der Waals surface area contributed by atoms with Gasteiger partial charge in [-0.15, -0.1) is 0 Å². The van der Waals surface area contributed by atoms with Crippen molar-refractivity contribution in [3.05, 3.63) is 76.0 Å². The fraction of sp³-hybridized carbons (Fsp3) is 0.158. The smallest absolute Gasteiger partial charge is 0.319 e. The van der Waals surface area contributed by atoms with Crippen LogP contribution >= 0.6 is 11.6 Å². The first-order valence-electron chi connectivity index (χ1n) is 7.86. The van der Waals surface area contributed by atoms with E-state index in [4.69, 9.17) is 11.6 Å². The summed E-state index contributed by atoms with van der Waals surface area (Å²) in [4.78, 5) is 24.8. The highest BCUT2D eigenvalue weighted by Gasteiger charge is 2.31. The number of benzene rings is 2. The Hall–Kier alpha value is -2.79. The van der Waals surface area contributed by atoms with Gasteiger partial charge in [0.15, 0.2) is 0 Å². The number of hydrogen-bond acceptors (Lipinski definition) is 2. The number of aryl methyl sites for hydroxylation is 1. The molecule has 1 aliphatic rings. The van der Waals surface area contributed by atoms with E-state index in [9.17, 15) is 9.59 Å². The topological polar surface area (TPSA) is 70.2 Å². The summed E-state index contributed by atoms with van der Waals surface area (Å²) in [6.07, 6.45) is 0. The molecule has 0 fully saturated rings. The molecule has 0 saturated heterocycles. The summed E-state index contributed by atoms with van der Waals surface area (Å²) in [5.74, 6) is -0.316. The maximum Gasteiger partial charge on any atom is 0.319 e. The second-order valence-electron chi connectivity index (χ2n) is 5.91. The first kappa shape index (κ1) is 17.0.